The van der Waals surface area contributed by atoms with Gasteiger partial charge in [0.1, 0.15) is 0 Å². The maximum Gasteiger partial charge on any atom is 0.0300 e. The number of aromatic nitrogens is 1. The summed E-state index contributed by atoms with van der Waals surface area (Å²) >= 11 is 0. The first-order valence-electron chi connectivity index (χ1n) is 5.91. The van der Waals surface area contributed by atoms with Gasteiger partial charge >= 0.3 is 0 Å². The zero-order valence-electron chi connectivity index (χ0n) is 9.87. The van der Waals surface area contributed by atoms with Gasteiger partial charge in [0.05, 0.1) is 0 Å². The third-order valence-corrected chi connectivity index (χ3v) is 2.83. The minimum Gasteiger partial charge on any atom is -0.324 e. The van der Waals surface area contributed by atoms with Crippen LogP contribution < -0.4 is 5.73 Å². The van der Waals surface area contributed by atoms with Crippen LogP contribution in [0, 0.1) is 6.92 Å². The van der Waals surface area contributed by atoms with Crippen LogP contribution in [-0.4, -0.2) is 4.98 Å². The van der Waals surface area contributed by atoms with Crippen molar-refractivity contribution in [1.82, 2.24) is 4.98 Å². The summed E-state index contributed by atoms with van der Waals surface area (Å²) in [4.78, 5) is 4.08. The Balaban J connectivity index is 2.40. The number of unbranched alkanes of at least 4 members (excludes halogenated alkanes) is 3. The quantitative estimate of drug-likeness (QED) is 0.725. The third-order valence-electron chi connectivity index (χ3n) is 2.83. The second kappa shape index (κ2) is 6.57. The summed E-state index contributed by atoms with van der Waals surface area (Å²) < 4.78 is 0. The lowest BCUT2D eigenvalue weighted by atomic mass is 9.99. The van der Waals surface area contributed by atoms with Crippen LogP contribution in [0.2, 0.25) is 0 Å². The predicted molar refractivity (Wildman–Crippen MR) is 64.7 cm³/mol. The van der Waals surface area contributed by atoms with Crippen molar-refractivity contribution in [3.05, 3.63) is 29.6 Å². The highest BCUT2D eigenvalue weighted by molar-refractivity contribution is 5.24. The Morgan fingerprint density at radius 1 is 1.33 bits per heavy atom. The summed E-state index contributed by atoms with van der Waals surface area (Å²) in [5.74, 6) is 0. The fourth-order valence-electron chi connectivity index (χ4n) is 1.85. The van der Waals surface area contributed by atoms with Gasteiger partial charge in [0.25, 0.3) is 0 Å². The van der Waals surface area contributed by atoms with Gasteiger partial charge in [-0.1, -0.05) is 32.6 Å². The molecule has 0 aliphatic rings. The Bertz CT molecular complexity index is 284. The van der Waals surface area contributed by atoms with Gasteiger partial charge < -0.3 is 5.73 Å². The average molecular weight is 206 g/mol. The largest absolute Gasteiger partial charge is 0.324 e. The number of nitrogens with two attached hydrogens (primary N) is 1. The molecule has 0 spiro atoms. The van der Waals surface area contributed by atoms with Gasteiger partial charge in [0.15, 0.2) is 0 Å². The molecular weight excluding hydrogens is 184 g/mol. The van der Waals surface area contributed by atoms with Gasteiger partial charge in [-0.15, -0.1) is 0 Å². The number of hydrogen-bond donors (Lipinski definition) is 1. The molecule has 0 amide bonds. The molecular formula is C13H22N2. The number of aryl methyl sites for hydroxylation is 1. The number of hydrogen-bond acceptors (Lipinski definition) is 2. The average Bonchev–Trinajstić information content (AvgIpc) is 2.25. The highest BCUT2D eigenvalue weighted by Crippen LogP contribution is 2.19. The molecule has 0 saturated heterocycles. The first-order chi connectivity index (χ1) is 7.25. The molecule has 1 aromatic heterocycles. The molecule has 1 aromatic rings. The second-order valence-corrected chi connectivity index (χ2v) is 4.19. The van der Waals surface area contributed by atoms with E-state index in [0.29, 0.717) is 0 Å². The predicted octanol–water partition coefficient (Wildman–Crippen LogP) is 3.36. The lowest BCUT2D eigenvalue weighted by Crippen LogP contribution is -2.11. The van der Waals surface area contributed by atoms with E-state index < -0.39 is 0 Å². The topological polar surface area (TPSA) is 38.9 Å². The van der Waals surface area contributed by atoms with Crippen LogP contribution in [0.15, 0.2) is 18.5 Å². The molecule has 2 heteroatoms. The van der Waals surface area contributed by atoms with Crippen LogP contribution in [-0.2, 0) is 0 Å². The van der Waals surface area contributed by atoms with Gasteiger partial charge in [0.2, 0.25) is 0 Å². The number of rotatable bonds is 6. The van der Waals surface area contributed by atoms with Gasteiger partial charge in [0, 0.05) is 18.4 Å². The summed E-state index contributed by atoms with van der Waals surface area (Å²) in [6, 6.07) is 2.23. The second-order valence-electron chi connectivity index (χ2n) is 4.19. The molecule has 0 saturated carbocycles. The van der Waals surface area contributed by atoms with Crippen LogP contribution in [0.25, 0.3) is 0 Å². The van der Waals surface area contributed by atoms with Gasteiger partial charge in [-0.3, -0.25) is 4.98 Å². The molecule has 0 aliphatic carbocycles. The number of pyridine rings is 1. The van der Waals surface area contributed by atoms with Gasteiger partial charge in [-0.05, 0) is 30.5 Å². The van der Waals surface area contributed by atoms with Crippen LogP contribution in [0.3, 0.4) is 0 Å². The smallest absolute Gasteiger partial charge is 0.0300 e. The Morgan fingerprint density at radius 2 is 2.13 bits per heavy atom. The normalized spacial score (nSPS) is 12.7. The summed E-state index contributed by atoms with van der Waals surface area (Å²) in [5.41, 5.74) is 8.61. The Labute approximate surface area is 92.9 Å². The van der Waals surface area contributed by atoms with Crippen molar-refractivity contribution < 1.29 is 0 Å². The van der Waals surface area contributed by atoms with Crippen LogP contribution in [0.5, 0.6) is 0 Å². The van der Waals surface area contributed by atoms with E-state index in [2.05, 4.69) is 18.8 Å². The zero-order chi connectivity index (χ0) is 11.1. The molecule has 0 radical (unpaired) electrons. The minimum atomic E-state index is 0.185. The first kappa shape index (κ1) is 12.2. The lowest BCUT2D eigenvalue weighted by Gasteiger charge is -2.13. The Hall–Kier alpha value is -0.890. The molecule has 2 nitrogen and oxygen atoms in total. The third kappa shape index (κ3) is 4.00. The molecule has 1 rings (SSSR count). The van der Waals surface area contributed by atoms with Gasteiger partial charge in [-0.25, -0.2) is 0 Å². The SMILES string of the molecule is CCCCCCC(N)c1ccncc1C. The van der Waals surface area contributed by atoms with Crippen molar-refractivity contribution in [2.75, 3.05) is 0 Å². The molecule has 1 heterocycles. The fourth-order valence-corrected chi connectivity index (χ4v) is 1.85. The van der Waals surface area contributed by atoms with Crippen molar-refractivity contribution in [3.63, 3.8) is 0 Å². The minimum absolute atomic E-state index is 0.185. The van der Waals surface area contributed by atoms with E-state index in [9.17, 15) is 0 Å². The molecule has 15 heavy (non-hydrogen) atoms. The summed E-state index contributed by atoms with van der Waals surface area (Å²) in [7, 11) is 0. The monoisotopic (exact) mass is 206 g/mol. The maximum atomic E-state index is 6.15. The van der Waals surface area contributed by atoms with E-state index in [1.54, 1.807) is 0 Å². The Kier molecular flexibility index (Phi) is 5.33. The molecule has 0 aromatic carbocycles. The van der Waals surface area contributed by atoms with E-state index in [1.807, 2.05) is 18.5 Å². The fraction of sp³-hybridized carbons (Fsp3) is 0.615. The summed E-state index contributed by atoms with van der Waals surface area (Å²) in [5, 5.41) is 0. The molecule has 0 aliphatic heterocycles. The lowest BCUT2D eigenvalue weighted by molar-refractivity contribution is 0.564. The van der Waals surface area contributed by atoms with Crippen molar-refractivity contribution >= 4 is 0 Å². The van der Waals surface area contributed by atoms with E-state index >= 15 is 0 Å². The van der Waals surface area contributed by atoms with Crippen LogP contribution >= 0.6 is 0 Å². The molecule has 2 N–H and O–H groups in total. The molecule has 1 atom stereocenters. The van der Waals surface area contributed by atoms with Crippen molar-refractivity contribution in [1.29, 1.82) is 0 Å². The Morgan fingerprint density at radius 3 is 2.80 bits per heavy atom. The van der Waals surface area contributed by atoms with E-state index in [4.69, 9.17) is 5.73 Å². The van der Waals surface area contributed by atoms with E-state index in [1.165, 1.54) is 36.8 Å². The molecule has 0 bridgehead atoms. The molecule has 0 fully saturated rings. The van der Waals surface area contributed by atoms with E-state index in [0.717, 1.165) is 6.42 Å². The van der Waals surface area contributed by atoms with Crippen molar-refractivity contribution in [2.45, 2.75) is 52.0 Å². The number of nitrogens with zero attached hydrogens (tertiary/aromatic N) is 1. The summed E-state index contributed by atoms with van der Waals surface area (Å²) in [6.45, 7) is 4.31. The highest BCUT2D eigenvalue weighted by atomic mass is 14.7. The summed E-state index contributed by atoms with van der Waals surface area (Å²) in [6.07, 6.45) is 9.94. The standard InChI is InChI=1S/C13H22N2/c1-3-4-5-6-7-13(14)12-8-9-15-10-11(12)2/h8-10,13H,3-7,14H2,1-2H3. The van der Waals surface area contributed by atoms with Crippen molar-refractivity contribution in [2.24, 2.45) is 5.73 Å². The molecule has 84 valence electrons. The molecule has 1 unspecified atom stereocenters. The van der Waals surface area contributed by atoms with Crippen LogP contribution in [0.4, 0.5) is 0 Å². The highest BCUT2D eigenvalue weighted by Gasteiger charge is 2.07. The van der Waals surface area contributed by atoms with Gasteiger partial charge in [-0.2, -0.15) is 0 Å². The van der Waals surface area contributed by atoms with E-state index in [-0.39, 0.29) is 6.04 Å². The van der Waals surface area contributed by atoms with Crippen LogP contribution in [0.1, 0.15) is 56.2 Å². The first-order valence-corrected chi connectivity index (χ1v) is 5.91. The zero-order valence-corrected chi connectivity index (χ0v) is 9.87. The maximum absolute atomic E-state index is 6.15. The van der Waals surface area contributed by atoms with Crippen molar-refractivity contribution in [3.8, 4) is 0 Å².